The Labute approximate surface area is 157 Å². The molecule has 1 atom stereocenters. The first-order valence-corrected chi connectivity index (χ1v) is 10.9. The molecule has 0 fully saturated rings. The van der Waals surface area contributed by atoms with Gasteiger partial charge in [-0.2, -0.15) is 0 Å². The van der Waals surface area contributed by atoms with Crippen molar-refractivity contribution < 1.29 is 13.2 Å². The molecule has 26 heavy (non-hydrogen) atoms. The molecule has 0 aliphatic rings. The van der Waals surface area contributed by atoms with Gasteiger partial charge in [0.15, 0.2) is 5.78 Å². The molecule has 0 aromatic heterocycles. The van der Waals surface area contributed by atoms with Crippen molar-refractivity contribution in [3.63, 3.8) is 0 Å². The first-order chi connectivity index (χ1) is 12.3. The van der Waals surface area contributed by atoms with Crippen molar-refractivity contribution in [2.75, 3.05) is 11.0 Å². The zero-order chi connectivity index (χ0) is 18.7. The van der Waals surface area contributed by atoms with E-state index in [1.807, 2.05) is 25.1 Å². The number of anilines is 1. The highest BCUT2D eigenvalue weighted by atomic mass is 32.2. The summed E-state index contributed by atoms with van der Waals surface area (Å²) in [6.45, 7) is 1.88. The minimum absolute atomic E-state index is 0.00839. The number of hydrogen-bond donors (Lipinski definition) is 1. The van der Waals surface area contributed by atoms with Crippen LogP contribution in [0.25, 0.3) is 10.8 Å². The number of thioether (sulfide) groups is 1. The molecule has 3 aromatic rings. The van der Waals surface area contributed by atoms with Crippen molar-refractivity contribution in [3.05, 3.63) is 72.3 Å². The van der Waals surface area contributed by atoms with Crippen molar-refractivity contribution in [3.8, 4) is 0 Å². The molecule has 0 spiro atoms. The zero-order valence-corrected chi connectivity index (χ0v) is 16.1. The van der Waals surface area contributed by atoms with E-state index < -0.39 is 10.0 Å². The van der Waals surface area contributed by atoms with Crippen LogP contribution in [0.3, 0.4) is 0 Å². The molecule has 6 heteroatoms. The molecule has 0 saturated carbocycles. The Kier molecular flexibility index (Phi) is 5.34. The maximum absolute atomic E-state index is 12.6. The normalized spacial score (nSPS) is 12.7. The molecule has 134 valence electrons. The smallest absolute Gasteiger partial charge is 0.229 e. The highest BCUT2D eigenvalue weighted by Crippen LogP contribution is 2.29. The third kappa shape index (κ3) is 4.65. The predicted octanol–water partition coefficient (Wildman–Crippen LogP) is 4.57. The van der Waals surface area contributed by atoms with Crippen molar-refractivity contribution in [1.82, 2.24) is 0 Å². The van der Waals surface area contributed by atoms with Gasteiger partial charge in [0, 0.05) is 16.1 Å². The summed E-state index contributed by atoms with van der Waals surface area (Å²) < 4.78 is 24.9. The lowest BCUT2D eigenvalue weighted by Crippen LogP contribution is -2.14. The Morgan fingerprint density at radius 1 is 0.962 bits per heavy atom. The molecule has 0 unspecified atom stereocenters. The number of rotatable bonds is 6. The van der Waals surface area contributed by atoms with E-state index in [1.54, 1.807) is 24.3 Å². The molecule has 0 radical (unpaired) electrons. The number of ketones is 1. The van der Waals surface area contributed by atoms with E-state index in [1.165, 1.54) is 17.1 Å². The van der Waals surface area contributed by atoms with Gasteiger partial charge in [0.05, 0.1) is 11.5 Å². The Morgan fingerprint density at radius 3 is 2.27 bits per heavy atom. The van der Waals surface area contributed by atoms with Crippen molar-refractivity contribution in [2.24, 2.45) is 0 Å². The van der Waals surface area contributed by atoms with Gasteiger partial charge in [-0.15, -0.1) is 11.8 Å². The summed E-state index contributed by atoms with van der Waals surface area (Å²) in [6, 6.07) is 20.8. The topological polar surface area (TPSA) is 63.2 Å². The number of carbonyl (C=O) groups is 1. The fraction of sp³-hybridized carbons (Fsp3) is 0.150. The minimum Gasteiger partial charge on any atom is -0.293 e. The fourth-order valence-corrected chi connectivity index (χ4v) is 4.21. The zero-order valence-electron chi connectivity index (χ0n) is 14.5. The van der Waals surface area contributed by atoms with Gasteiger partial charge in [-0.1, -0.05) is 30.3 Å². The molecule has 0 heterocycles. The van der Waals surface area contributed by atoms with Gasteiger partial charge in [0.2, 0.25) is 10.0 Å². The molecule has 0 aliphatic heterocycles. The van der Waals surface area contributed by atoms with Crippen molar-refractivity contribution in [2.45, 2.75) is 17.1 Å². The van der Waals surface area contributed by atoms with Gasteiger partial charge in [0.1, 0.15) is 0 Å². The van der Waals surface area contributed by atoms with E-state index in [0.717, 1.165) is 16.5 Å². The summed E-state index contributed by atoms with van der Waals surface area (Å²) >= 11 is 1.51. The highest BCUT2D eigenvalue weighted by molar-refractivity contribution is 8.00. The molecule has 0 amide bonds. The van der Waals surface area contributed by atoms with Crippen LogP contribution in [0.1, 0.15) is 17.3 Å². The third-order valence-electron chi connectivity index (χ3n) is 3.88. The van der Waals surface area contributed by atoms with E-state index >= 15 is 0 Å². The van der Waals surface area contributed by atoms with Crippen LogP contribution in [0, 0.1) is 0 Å². The predicted molar refractivity (Wildman–Crippen MR) is 109 cm³/mol. The maximum Gasteiger partial charge on any atom is 0.229 e. The van der Waals surface area contributed by atoms with Crippen molar-refractivity contribution >= 4 is 44.0 Å². The molecule has 0 aliphatic carbocycles. The summed E-state index contributed by atoms with van der Waals surface area (Å²) in [5.74, 6) is 0.00839. The second kappa shape index (κ2) is 7.51. The second-order valence-corrected chi connectivity index (χ2v) is 9.25. The van der Waals surface area contributed by atoms with E-state index in [-0.39, 0.29) is 11.0 Å². The van der Waals surface area contributed by atoms with E-state index in [4.69, 9.17) is 0 Å². The molecule has 3 aromatic carbocycles. The highest BCUT2D eigenvalue weighted by Gasteiger charge is 2.17. The summed E-state index contributed by atoms with van der Waals surface area (Å²) in [6.07, 6.45) is 1.09. The number of hydrogen-bond acceptors (Lipinski definition) is 4. The lowest BCUT2D eigenvalue weighted by molar-refractivity contribution is 0.0994. The quantitative estimate of drug-likeness (QED) is 0.498. The lowest BCUT2D eigenvalue weighted by atomic mass is 10.1. The molecular weight excluding hydrogens is 366 g/mol. The van der Waals surface area contributed by atoms with Gasteiger partial charge >= 0.3 is 0 Å². The van der Waals surface area contributed by atoms with Crippen LogP contribution >= 0.6 is 11.8 Å². The van der Waals surface area contributed by atoms with Gasteiger partial charge < -0.3 is 0 Å². The molecule has 0 bridgehead atoms. The summed E-state index contributed by atoms with van der Waals surface area (Å²) in [4.78, 5) is 13.7. The van der Waals surface area contributed by atoms with E-state index in [0.29, 0.717) is 11.3 Å². The Balaban J connectivity index is 1.72. The first kappa shape index (κ1) is 18.5. The minimum atomic E-state index is -3.32. The van der Waals surface area contributed by atoms with Crippen LogP contribution in [0.4, 0.5) is 5.69 Å². The van der Waals surface area contributed by atoms with Crippen LogP contribution in [0.5, 0.6) is 0 Å². The number of carbonyl (C=O) groups excluding carboxylic acids is 1. The fourth-order valence-electron chi connectivity index (χ4n) is 2.65. The Hall–Kier alpha value is -2.31. The molecule has 0 saturated heterocycles. The standard InChI is InChI=1S/C20H19NO3S2/c1-14(25-19-12-9-15-5-3-4-6-17(15)13-19)20(22)16-7-10-18(11-8-16)21-26(2,23)24/h3-14,21H,1-2H3/t14-/m1/s1. The number of Topliss-reactive ketones (excluding diaryl/α,β-unsaturated/α-hetero) is 1. The second-order valence-electron chi connectivity index (χ2n) is 6.08. The summed E-state index contributed by atoms with van der Waals surface area (Å²) in [7, 11) is -3.32. The van der Waals surface area contributed by atoms with Crippen LogP contribution in [-0.2, 0) is 10.0 Å². The number of sulfonamides is 1. The van der Waals surface area contributed by atoms with Gasteiger partial charge in [0.25, 0.3) is 0 Å². The average Bonchev–Trinajstić information content (AvgIpc) is 2.60. The molecule has 3 rings (SSSR count). The SMILES string of the molecule is C[C@@H](Sc1ccc2ccccc2c1)C(=O)c1ccc(NS(C)(=O)=O)cc1. The molecule has 4 nitrogen and oxygen atoms in total. The maximum atomic E-state index is 12.6. The van der Waals surface area contributed by atoms with Gasteiger partial charge in [-0.05, 0) is 54.1 Å². The van der Waals surface area contributed by atoms with E-state index in [9.17, 15) is 13.2 Å². The summed E-state index contributed by atoms with van der Waals surface area (Å²) in [5, 5.41) is 2.07. The first-order valence-electron chi connectivity index (χ1n) is 8.09. The van der Waals surface area contributed by atoms with Crippen LogP contribution < -0.4 is 4.72 Å². The van der Waals surface area contributed by atoms with Crippen LogP contribution in [-0.4, -0.2) is 25.7 Å². The number of benzene rings is 3. The molecular formula is C20H19NO3S2. The van der Waals surface area contributed by atoms with Crippen LogP contribution in [0.15, 0.2) is 71.6 Å². The number of nitrogens with one attached hydrogen (secondary N) is 1. The van der Waals surface area contributed by atoms with E-state index in [2.05, 4.69) is 29.0 Å². The third-order valence-corrected chi connectivity index (χ3v) is 5.58. The largest absolute Gasteiger partial charge is 0.293 e. The van der Waals surface area contributed by atoms with Gasteiger partial charge in [-0.3, -0.25) is 9.52 Å². The number of fused-ring (bicyclic) bond motifs is 1. The monoisotopic (exact) mass is 385 g/mol. The van der Waals surface area contributed by atoms with Crippen LogP contribution in [0.2, 0.25) is 0 Å². The Morgan fingerprint density at radius 2 is 1.62 bits per heavy atom. The lowest BCUT2D eigenvalue weighted by Gasteiger charge is -2.12. The Bertz CT molecular complexity index is 1040. The van der Waals surface area contributed by atoms with Gasteiger partial charge in [-0.25, -0.2) is 8.42 Å². The van der Waals surface area contributed by atoms with Crippen molar-refractivity contribution in [1.29, 1.82) is 0 Å². The average molecular weight is 386 g/mol. The summed E-state index contributed by atoms with van der Waals surface area (Å²) in [5.41, 5.74) is 1.00. The molecule has 1 N–H and O–H groups in total.